The summed E-state index contributed by atoms with van der Waals surface area (Å²) in [5, 5.41) is 5.89. The van der Waals surface area contributed by atoms with Gasteiger partial charge in [-0.1, -0.05) is 24.3 Å². The van der Waals surface area contributed by atoms with Crippen molar-refractivity contribution >= 4 is 16.7 Å². The third-order valence-electron chi connectivity index (χ3n) is 4.54. The molecule has 1 aromatic carbocycles. The van der Waals surface area contributed by atoms with Gasteiger partial charge in [0.05, 0.1) is 5.69 Å². The maximum absolute atomic E-state index is 6.00. The zero-order valence-electron chi connectivity index (χ0n) is 12.1. The quantitative estimate of drug-likeness (QED) is 0.744. The number of nitrogen functional groups attached to an aromatic ring is 1. The van der Waals surface area contributed by atoms with Crippen LogP contribution in [0.3, 0.4) is 0 Å². The van der Waals surface area contributed by atoms with Crippen LogP contribution in [-0.4, -0.2) is 14.8 Å². The standard InChI is InChI=1S/C17H18N4/c1-21-16-14(8-9-19-17(16)18)15(20-21)13-7-6-11-4-2-3-5-12(11)10-13/h2-5,8-9,13H,6-7,10H2,1H3,(H2,18,19). The van der Waals surface area contributed by atoms with Crippen molar-refractivity contribution in [3.05, 3.63) is 53.3 Å². The number of anilines is 1. The van der Waals surface area contributed by atoms with E-state index in [1.165, 1.54) is 11.1 Å². The maximum atomic E-state index is 6.00. The number of nitrogens with zero attached hydrogens (tertiary/aromatic N) is 3. The summed E-state index contributed by atoms with van der Waals surface area (Å²) in [7, 11) is 1.95. The van der Waals surface area contributed by atoms with Gasteiger partial charge in [0.2, 0.25) is 0 Å². The number of nitrogens with two attached hydrogens (primary N) is 1. The van der Waals surface area contributed by atoms with E-state index < -0.39 is 0 Å². The third-order valence-corrected chi connectivity index (χ3v) is 4.54. The van der Waals surface area contributed by atoms with Gasteiger partial charge in [0.1, 0.15) is 11.3 Å². The molecule has 2 heterocycles. The molecule has 4 nitrogen and oxygen atoms in total. The van der Waals surface area contributed by atoms with Crippen LogP contribution in [0, 0.1) is 0 Å². The van der Waals surface area contributed by atoms with Gasteiger partial charge in [0, 0.05) is 24.5 Å². The average molecular weight is 278 g/mol. The highest BCUT2D eigenvalue weighted by Crippen LogP contribution is 2.35. The van der Waals surface area contributed by atoms with E-state index in [4.69, 9.17) is 10.8 Å². The summed E-state index contributed by atoms with van der Waals surface area (Å²) in [5.41, 5.74) is 11.1. The van der Waals surface area contributed by atoms with Crippen molar-refractivity contribution in [1.29, 1.82) is 0 Å². The zero-order chi connectivity index (χ0) is 14.4. The van der Waals surface area contributed by atoms with E-state index in [2.05, 4.69) is 29.2 Å². The van der Waals surface area contributed by atoms with Gasteiger partial charge < -0.3 is 5.73 Å². The van der Waals surface area contributed by atoms with Gasteiger partial charge in [-0.3, -0.25) is 4.68 Å². The number of rotatable bonds is 1. The van der Waals surface area contributed by atoms with Gasteiger partial charge in [-0.05, 0) is 36.5 Å². The number of benzene rings is 1. The second kappa shape index (κ2) is 4.58. The van der Waals surface area contributed by atoms with Crippen molar-refractivity contribution in [1.82, 2.24) is 14.8 Å². The van der Waals surface area contributed by atoms with E-state index in [1.807, 2.05) is 17.8 Å². The topological polar surface area (TPSA) is 56.7 Å². The monoisotopic (exact) mass is 278 g/mol. The zero-order valence-corrected chi connectivity index (χ0v) is 12.1. The predicted molar refractivity (Wildman–Crippen MR) is 84.1 cm³/mol. The Bertz CT molecular complexity index is 819. The van der Waals surface area contributed by atoms with Crippen LogP contribution in [0.2, 0.25) is 0 Å². The molecule has 0 aliphatic heterocycles. The molecule has 21 heavy (non-hydrogen) atoms. The largest absolute Gasteiger partial charge is 0.382 e. The van der Waals surface area contributed by atoms with Gasteiger partial charge in [-0.2, -0.15) is 5.10 Å². The molecule has 1 unspecified atom stereocenters. The normalized spacial score (nSPS) is 17.9. The fourth-order valence-corrected chi connectivity index (χ4v) is 3.52. The van der Waals surface area contributed by atoms with E-state index in [0.717, 1.165) is 35.9 Å². The van der Waals surface area contributed by atoms with Gasteiger partial charge in [0.15, 0.2) is 0 Å². The molecule has 0 bridgehead atoms. The van der Waals surface area contributed by atoms with Crippen LogP contribution in [0.15, 0.2) is 36.5 Å². The Labute approximate surface area is 123 Å². The summed E-state index contributed by atoms with van der Waals surface area (Å²) < 4.78 is 1.87. The number of aromatic nitrogens is 3. The molecule has 2 N–H and O–H groups in total. The lowest BCUT2D eigenvalue weighted by atomic mass is 9.81. The molecule has 1 atom stereocenters. The van der Waals surface area contributed by atoms with E-state index in [9.17, 15) is 0 Å². The van der Waals surface area contributed by atoms with Gasteiger partial charge in [0.25, 0.3) is 0 Å². The SMILES string of the molecule is Cn1nc(C2CCc3ccccc3C2)c2ccnc(N)c21. The molecular weight excluding hydrogens is 260 g/mol. The average Bonchev–Trinajstić information content (AvgIpc) is 2.85. The van der Waals surface area contributed by atoms with Crippen molar-refractivity contribution in [2.24, 2.45) is 7.05 Å². The molecule has 4 rings (SSSR count). The fourth-order valence-electron chi connectivity index (χ4n) is 3.52. The Morgan fingerprint density at radius 2 is 2.00 bits per heavy atom. The smallest absolute Gasteiger partial charge is 0.149 e. The minimum atomic E-state index is 0.463. The van der Waals surface area contributed by atoms with E-state index in [0.29, 0.717) is 11.7 Å². The first-order valence-electron chi connectivity index (χ1n) is 7.38. The van der Waals surface area contributed by atoms with Crippen LogP contribution in [0.25, 0.3) is 10.9 Å². The first-order valence-corrected chi connectivity index (χ1v) is 7.38. The summed E-state index contributed by atoms with van der Waals surface area (Å²) in [6, 6.07) is 10.8. The van der Waals surface area contributed by atoms with Crippen molar-refractivity contribution in [3.8, 4) is 0 Å². The summed E-state index contributed by atoms with van der Waals surface area (Å²) in [4.78, 5) is 4.18. The molecule has 2 aromatic heterocycles. The molecule has 0 radical (unpaired) electrons. The molecule has 0 amide bonds. The van der Waals surface area contributed by atoms with Crippen LogP contribution in [0.1, 0.15) is 29.2 Å². The highest BCUT2D eigenvalue weighted by molar-refractivity contribution is 5.90. The molecule has 1 aliphatic carbocycles. The number of aryl methyl sites for hydroxylation is 2. The number of pyridine rings is 1. The molecule has 1 aliphatic rings. The maximum Gasteiger partial charge on any atom is 0.149 e. The van der Waals surface area contributed by atoms with Crippen molar-refractivity contribution in [2.45, 2.75) is 25.2 Å². The number of hydrogen-bond donors (Lipinski definition) is 1. The van der Waals surface area contributed by atoms with E-state index in [-0.39, 0.29) is 0 Å². The molecule has 0 saturated carbocycles. The van der Waals surface area contributed by atoms with Crippen LogP contribution >= 0.6 is 0 Å². The van der Waals surface area contributed by atoms with Gasteiger partial charge in [-0.25, -0.2) is 4.98 Å². The Kier molecular flexibility index (Phi) is 2.70. The van der Waals surface area contributed by atoms with Crippen molar-refractivity contribution in [2.75, 3.05) is 5.73 Å². The first kappa shape index (κ1) is 12.4. The minimum absolute atomic E-state index is 0.463. The van der Waals surface area contributed by atoms with Crippen LogP contribution in [0.4, 0.5) is 5.82 Å². The second-order valence-corrected chi connectivity index (χ2v) is 5.81. The summed E-state index contributed by atoms with van der Waals surface area (Å²) >= 11 is 0. The molecule has 4 heteroatoms. The van der Waals surface area contributed by atoms with Crippen LogP contribution in [-0.2, 0) is 19.9 Å². The number of hydrogen-bond acceptors (Lipinski definition) is 3. The van der Waals surface area contributed by atoms with E-state index in [1.54, 1.807) is 6.20 Å². The third kappa shape index (κ3) is 1.90. The minimum Gasteiger partial charge on any atom is -0.382 e. The number of fused-ring (bicyclic) bond motifs is 2. The second-order valence-electron chi connectivity index (χ2n) is 5.81. The molecule has 106 valence electrons. The molecule has 0 saturated heterocycles. The molecule has 0 spiro atoms. The van der Waals surface area contributed by atoms with Crippen molar-refractivity contribution in [3.63, 3.8) is 0 Å². The van der Waals surface area contributed by atoms with Crippen LogP contribution in [0.5, 0.6) is 0 Å². The summed E-state index contributed by atoms with van der Waals surface area (Å²) in [6.07, 6.45) is 5.11. The summed E-state index contributed by atoms with van der Waals surface area (Å²) in [6.45, 7) is 0. The lowest BCUT2D eigenvalue weighted by molar-refractivity contribution is 0.563. The predicted octanol–water partition coefficient (Wildman–Crippen LogP) is 2.82. The van der Waals surface area contributed by atoms with E-state index >= 15 is 0 Å². The highest BCUT2D eigenvalue weighted by Gasteiger charge is 2.24. The lowest BCUT2D eigenvalue weighted by Gasteiger charge is -2.23. The lowest BCUT2D eigenvalue weighted by Crippen LogP contribution is -2.13. The Balaban J connectivity index is 1.80. The molecule has 0 fully saturated rings. The first-order chi connectivity index (χ1) is 10.2. The Morgan fingerprint density at radius 1 is 1.19 bits per heavy atom. The highest BCUT2D eigenvalue weighted by atomic mass is 15.3. The fraction of sp³-hybridized carbons (Fsp3) is 0.294. The Morgan fingerprint density at radius 3 is 2.86 bits per heavy atom. The Hall–Kier alpha value is -2.36. The summed E-state index contributed by atoms with van der Waals surface area (Å²) in [5.74, 6) is 1.02. The van der Waals surface area contributed by atoms with Crippen molar-refractivity contribution < 1.29 is 0 Å². The van der Waals surface area contributed by atoms with Gasteiger partial charge >= 0.3 is 0 Å². The van der Waals surface area contributed by atoms with Crippen LogP contribution < -0.4 is 5.73 Å². The van der Waals surface area contributed by atoms with Gasteiger partial charge in [-0.15, -0.1) is 0 Å². The molecule has 3 aromatic rings. The molecular formula is C17H18N4.